The van der Waals surface area contributed by atoms with E-state index in [-0.39, 0.29) is 41.0 Å². The smallest absolute Gasteiger partial charge is 0.291 e. The second-order valence-corrected chi connectivity index (χ2v) is 10.5. The van der Waals surface area contributed by atoms with Gasteiger partial charge in [-0.25, -0.2) is 0 Å². The Morgan fingerprint density at radius 2 is 1.94 bits per heavy atom. The van der Waals surface area contributed by atoms with Gasteiger partial charge in [0.25, 0.3) is 11.5 Å². The number of morpholine rings is 1. The number of rotatable bonds is 6. The first kappa shape index (κ1) is 21.4. The number of likely N-dealkylation sites (tertiary alicyclic amines) is 1. The largest absolute Gasteiger partial charge is 0.494 e. The fraction of sp³-hybridized carbons (Fsp3) is 0.583. The Hall–Kier alpha value is -3.14. The van der Waals surface area contributed by atoms with Crippen molar-refractivity contribution in [3.63, 3.8) is 0 Å². The number of hydrogen-bond donors (Lipinski definition) is 2. The van der Waals surface area contributed by atoms with E-state index in [4.69, 9.17) is 4.74 Å². The number of ether oxygens (including phenoxy) is 1. The number of fused-ring (bicyclic) bond motifs is 3. The molecule has 10 heteroatoms. The summed E-state index contributed by atoms with van der Waals surface area (Å²) in [5, 5.41) is 18.1. The molecule has 2 aliphatic carbocycles. The van der Waals surface area contributed by atoms with Gasteiger partial charge in [0.05, 0.1) is 18.4 Å². The summed E-state index contributed by atoms with van der Waals surface area (Å²) in [6.45, 7) is 3.71. The molecule has 4 aliphatic rings. The van der Waals surface area contributed by atoms with Crippen molar-refractivity contribution in [1.29, 1.82) is 0 Å². The molecular formula is C24H29N5O5. The lowest BCUT2D eigenvalue weighted by Crippen LogP contribution is -2.45. The molecule has 4 fully saturated rings. The fourth-order valence-corrected chi connectivity index (χ4v) is 4.98. The van der Waals surface area contributed by atoms with E-state index in [9.17, 15) is 19.5 Å². The number of amides is 2. The molecule has 0 radical (unpaired) electrons. The molecule has 2 N–H and O–H groups in total. The highest BCUT2D eigenvalue weighted by atomic mass is 16.5. The van der Waals surface area contributed by atoms with Gasteiger partial charge in [0.2, 0.25) is 11.8 Å². The highest BCUT2D eigenvalue weighted by molar-refractivity contribution is 5.97. The van der Waals surface area contributed by atoms with Gasteiger partial charge in [0, 0.05) is 37.3 Å². The summed E-state index contributed by atoms with van der Waals surface area (Å²) >= 11 is 0. The molecule has 0 aromatic carbocycles. The van der Waals surface area contributed by atoms with E-state index in [0.717, 1.165) is 43.0 Å². The van der Waals surface area contributed by atoms with Crippen LogP contribution in [0.2, 0.25) is 0 Å². The molecule has 34 heavy (non-hydrogen) atoms. The summed E-state index contributed by atoms with van der Waals surface area (Å²) in [4.78, 5) is 40.6. The van der Waals surface area contributed by atoms with Crippen molar-refractivity contribution in [3.8, 4) is 5.88 Å². The van der Waals surface area contributed by atoms with Gasteiger partial charge < -0.3 is 20.1 Å². The molecule has 4 heterocycles. The Labute approximate surface area is 196 Å². The molecule has 2 saturated carbocycles. The highest BCUT2D eigenvalue weighted by Crippen LogP contribution is 2.47. The zero-order valence-electron chi connectivity index (χ0n) is 19.2. The lowest BCUT2D eigenvalue weighted by molar-refractivity contribution is -0.134. The van der Waals surface area contributed by atoms with Crippen LogP contribution in [0.15, 0.2) is 17.1 Å². The van der Waals surface area contributed by atoms with Crippen molar-refractivity contribution in [2.24, 2.45) is 5.41 Å². The van der Waals surface area contributed by atoms with Crippen LogP contribution in [0.1, 0.15) is 61.4 Å². The number of carbonyl (C=O) groups is 2. The Balaban J connectivity index is 1.37. The Morgan fingerprint density at radius 1 is 1.24 bits per heavy atom. The first-order chi connectivity index (χ1) is 16.3. The standard InChI is InChI=1S/C24H29N5O5/c1-24(8-9-24)13-28-21-14(2-7-18(30)27-11-16-5-6-17(12-27)34-16)10-25-29(21)23(33)19(22(28)32)20(31)26-15-3-4-15/h2,7,10,15-17,32H,3-6,8-9,11-13H2,1H3,(H,26,31). The molecular weight excluding hydrogens is 438 g/mol. The number of carbonyl (C=O) groups excluding carboxylic acids is 2. The Bertz CT molecular complexity index is 1260. The van der Waals surface area contributed by atoms with E-state index in [1.54, 1.807) is 15.5 Å². The van der Waals surface area contributed by atoms with Gasteiger partial charge in [-0.2, -0.15) is 9.61 Å². The predicted molar refractivity (Wildman–Crippen MR) is 122 cm³/mol. The first-order valence-electron chi connectivity index (χ1n) is 12.1. The second kappa shape index (κ2) is 7.69. The van der Waals surface area contributed by atoms with Gasteiger partial charge in [-0.15, -0.1) is 0 Å². The maximum absolute atomic E-state index is 13.2. The molecule has 2 bridgehead atoms. The maximum Gasteiger partial charge on any atom is 0.291 e. The molecule has 10 nitrogen and oxygen atoms in total. The molecule has 6 rings (SSSR count). The second-order valence-electron chi connectivity index (χ2n) is 10.5. The third kappa shape index (κ3) is 3.79. The molecule has 2 aliphatic heterocycles. The molecule has 2 saturated heterocycles. The van der Waals surface area contributed by atoms with E-state index in [0.29, 0.717) is 30.8 Å². The van der Waals surface area contributed by atoms with Crippen molar-refractivity contribution in [2.75, 3.05) is 13.1 Å². The monoisotopic (exact) mass is 467 g/mol. The van der Waals surface area contributed by atoms with Crippen LogP contribution in [-0.2, 0) is 16.1 Å². The van der Waals surface area contributed by atoms with Crippen molar-refractivity contribution < 1.29 is 19.4 Å². The van der Waals surface area contributed by atoms with Gasteiger partial charge in [0.15, 0.2) is 5.56 Å². The van der Waals surface area contributed by atoms with Crippen LogP contribution >= 0.6 is 0 Å². The zero-order chi connectivity index (χ0) is 23.6. The number of aromatic hydroxyl groups is 1. The minimum atomic E-state index is -0.668. The van der Waals surface area contributed by atoms with Crippen LogP contribution in [0.4, 0.5) is 0 Å². The third-order valence-corrected chi connectivity index (χ3v) is 7.46. The summed E-state index contributed by atoms with van der Waals surface area (Å²) in [5.41, 5.74) is -0.0633. The topological polar surface area (TPSA) is 118 Å². The van der Waals surface area contributed by atoms with E-state index in [1.165, 1.54) is 12.3 Å². The summed E-state index contributed by atoms with van der Waals surface area (Å²) < 4.78 is 8.57. The van der Waals surface area contributed by atoms with E-state index < -0.39 is 11.5 Å². The molecule has 2 amide bonds. The summed E-state index contributed by atoms with van der Waals surface area (Å²) in [6, 6.07) is 0.0500. The van der Waals surface area contributed by atoms with E-state index >= 15 is 0 Å². The summed E-state index contributed by atoms with van der Waals surface area (Å²) in [5.74, 6) is -1.05. The quantitative estimate of drug-likeness (QED) is 0.619. The van der Waals surface area contributed by atoms with Crippen LogP contribution in [0.3, 0.4) is 0 Å². The SMILES string of the molecule is CC1(Cn2c(O)c(C(=O)NC3CC3)c(=O)n3ncc(C=CC(=O)N4CC5CCC(C4)O5)c23)CC1. The van der Waals surface area contributed by atoms with Gasteiger partial charge in [-0.05, 0) is 50.0 Å². The molecule has 2 aromatic heterocycles. The number of nitrogens with one attached hydrogen (secondary N) is 1. The molecule has 2 unspecified atom stereocenters. The van der Waals surface area contributed by atoms with E-state index in [1.807, 2.05) is 0 Å². The molecule has 2 aromatic rings. The Kier molecular flexibility index (Phi) is 4.84. The minimum absolute atomic E-state index is 0.0224. The zero-order valence-corrected chi connectivity index (χ0v) is 19.2. The average Bonchev–Trinajstić information content (AvgIpc) is 3.69. The summed E-state index contributed by atoms with van der Waals surface area (Å²) in [6.07, 6.45) is 10.5. The van der Waals surface area contributed by atoms with Gasteiger partial charge >= 0.3 is 0 Å². The van der Waals surface area contributed by atoms with Crippen LogP contribution < -0.4 is 10.9 Å². The van der Waals surface area contributed by atoms with Crippen LogP contribution in [0.25, 0.3) is 11.7 Å². The minimum Gasteiger partial charge on any atom is -0.494 e. The van der Waals surface area contributed by atoms with Crippen LogP contribution in [0, 0.1) is 5.41 Å². The first-order valence-corrected chi connectivity index (χ1v) is 12.1. The number of aromatic nitrogens is 3. The normalized spacial score (nSPS) is 25.3. The third-order valence-electron chi connectivity index (χ3n) is 7.46. The Morgan fingerprint density at radius 3 is 2.59 bits per heavy atom. The van der Waals surface area contributed by atoms with Crippen LogP contribution in [-0.4, -0.2) is 67.3 Å². The summed E-state index contributed by atoms with van der Waals surface area (Å²) in [7, 11) is 0. The lowest BCUT2D eigenvalue weighted by atomic mass is 10.1. The van der Waals surface area contributed by atoms with Crippen molar-refractivity contribution in [3.05, 3.63) is 33.8 Å². The molecule has 2 atom stereocenters. The number of nitrogens with zero attached hydrogens (tertiary/aromatic N) is 4. The van der Waals surface area contributed by atoms with Crippen molar-refractivity contribution >= 4 is 23.5 Å². The fourth-order valence-electron chi connectivity index (χ4n) is 4.98. The van der Waals surface area contributed by atoms with Gasteiger partial charge in [-0.1, -0.05) is 6.92 Å². The molecule has 180 valence electrons. The highest BCUT2D eigenvalue weighted by Gasteiger charge is 2.40. The predicted octanol–water partition coefficient (Wildman–Crippen LogP) is 1.30. The average molecular weight is 468 g/mol. The maximum atomic E-state index is 13.2. The van der Waals surface area contributed by atoms with Gasteiger partial charge in [0.1, 0.15) is 5.65 Å². The van der Waals surface area contributed by atoms with Gasteiger partial charge in [-0.3, -0.25) is 19.0 Å². The van der Waals surface area contributed by atoms with Crippen molar-refractivity contribution in [1.82, 2.24) is 24.4 Å². The van der Waals surface area contributed by atoms with Crippen molar-refractivity contribution in [2.45, 2.75) is 70.2 Å². The lowest BCUT2D eigenvalue weighted by Gasteiger charge is -2.31. The molecule has 0 spiro atoms. The van der Waals surface area contributed by atoms with E-state index in [2.05, 4.69) is 17.3 Å². The van der Waals surface area contributed by atoms with Crippen LogP contribution in [0.5, 0.6) is 5.88 Å². The number of hydrogen-bond acceptors (Lipinski definition) is 6.